The van der Waals surface area contributed by atoms with Crippen molar-refractivity contribution in [2.24, 2.45) is 5.73 Å². The molecule has 0 atom stereocenters. The number of rotatable bonds is 2. The molecule has 0 amide bonds. The van der Waals surface area contributed by atoms with Crippen molar-refractivity contribution in [2.75, 3.05) is 29.9 Å². The van der Waals surface area contributed by atoms with Gasteiger partial charge in [-0.2, -0.15) is 0 Å². The molecule has 2 heterocycles. The largest absolute Gasteiger partial charge is 0.389 e. The molecule has 102 valence electrons. The van der Waals surface area contributed by atoms with Crippen LogP contribution < -0.4 is 15.5 Å². The maximum Gasteiger partial charge on any atom is 0.133 e. The number of nitrogens with two attached hydrogens (primary N) is 1. The Morgan fingerprint density at radius 1 is 1.15 bits per heavy atom. The Bertz CT molecular complexity index is 639. The Balaban J connectivity index is 1.99. The molecule has 0 radical (unpaired) electrons. The van der Waals surface area contributed by atoms with Crippen LogP contribution in [0.2, 0.25) is 0 Å². The van der Waals surface area contributed by atoms with Gasteiger partial charge in [-0.3, -0.25) is 0 Å². The van der Waals surface area contributed by atoms with Crippen molar-refractivity contribution >= 4 is 34.4 Å². The van der Waals surface area contributed by atoms with Gasteiger partial charge in [0, 0.05) is 31.9 Å². The number of likely N-dealkylation sites (N-methyl/N-ethyl adjacent to an activating group) is 1. The van der Waals surface area contributed by atoms with Gasteiger partial charge in [-0.1, -0.05) is 24.4 Å². The average molecular weight is 284 g/mol. The molecule has 5 heteroatoms. The van der Waals surface area contributed by atoms with Gasteiger partial charge >= 0.3 is 0 Å². The molecule has 0 aliphatic carbocycles. The molecule has 1 aliphatic rings. The molecule has 0 spiro atoms. The third kappa shape index (κ3) is 2.20. The fraction of sp³-hybridized carbons (Fsp3) is 0.200. The summed E-state index contributed by atoms with van der Waals surface area (Å²) >= 11 is 4.96. The van der Waals surface area contributed by atoms with Crippen LogP contribution in [-0.4, -0.2) is 30.1 Å². The summed E-state index contributed by atoms with van der Waals surface area (Å²) in [6.07, 6.45) is 1.73. The van der Waals surface area contributed by atoms with Crippen molar-refractivity contribution in [1.29, 1.82) is 0 Å². The summed E-state index contributed by atoms with van der Waals surface area (Å²) in [6.45, 7) is 1.88. The third-order valence-electron chi connectivity index (χ3n) is 3.55. The van der Waals surface area contributed by atoms with Crippen molar-refractivity contribution in [3.63, 3.8) is 0 Å². The molecule has 3 rings (SSSR count). The number of hydrogen-bond donors (Lipinski definition) is 1. The number of fused-ring (bicyclic) bond motifs is 1. The Labute approximate surface area is 123 Å². The van der Waals surface area contributed by atoms with Crippen LogP contribution in [0, 0.1) is 0 Å². The van der Waals surface area contributed by atoms with Gasteiger partial charge in [0.2, 0.25) is 0 Å². The minimum Gasteiger partial charge on any atom is -0.389 e. The summed E-state index contributed by atoms with van der Waals surface area (Å²) in [5.41, 5.74) is 8.80. The van der Waals surface area contributed by atoms with Crippen molar-refractivity contribution in [1.82, 2.24) is 4.98 Å². The minimum absolute atomic E-state index is 0.378. The highest BCUT2D eigenvalue weighted by Crippen LogP contribution is 2.35. The molecule has 20 heavy (non-hydrogen) atoms. The Hall–Kier alpha value is -2.14. The molecule has 0 saturated heterocycles. The van der Waals surface area contributed by atoms with Crippen molar-refractivity contribution < 1.29 is 0 Å². The molecule has 2 N–H and O–H groups in total. The lowest BCUT2D eigenvalue weighted by molar-refractivity contribution is 0.813. The number of nitrogens with zero attached hydrogens (tertiary/aromatic N) is 3. The van der Waals surface area contributed by atoms with Crippen LogP contribution in [0.4, 0.5) is 17.2 Å². The SMILES string of the molecule is CN1CCN(c2ccc(C(N)=S)cn2)c2ccccc21. The predicted molar refractivity (Wildman–Crippen MR) is 86.8 cm³/mol. The van der Waals surface area contributed by atoms with Crippen LogP contribution in [0.1, 0.15) is 5.56 Å². The van der Waals surface area contributed by atoms with Gasteiger partial charge in [0.05, 0.1) is 11.4 Å². The van der Waals surface area contributed by atoms with Gasteiger partial charge in [0.25, 0.3) is 0 Å². The van der Waals surface area contributed by atoms with E-state index in [0.29, 0.717) is 4.99 Å². The van der Waals surface area contributed by atoms with Crippen molar-refractivity contribution in [2.45, 2.75) is 0 Å². The van der Waals surface area contributed by atoms with Crippen LogP contribution >= 0.6 is 12.2 Å². The van der Waals surface area contributed by atoms with Crippen LogP contribution in [-0.2, 0) is 0 Å². The normalized spacial score (nSPS) is 14.1. The Kier molecular flexibility index (Phi) is 3.28. The van der Waals surface area contributed by atoms with Crippen molar-refractivity contribution in [3.05, 3.63) is 48.2 Å². The van der Waals surface area contributed by atoms with Crippen LogP contribution in [0.3, 0.4) is 0 Å². The second-order valence-electron chi connectivity index (χ2n) is 4.83. The summed E-state index contributed by atoms with van der Waals surface area (Å²) in [5, 5.41) is 0. The molecule has 0 saturated carbocycles. The van der Waals surface area contributed by atoms with E-state index in [1.165, 1.54) is 11.4 Å². The Morgan fingerprint density at radius 2 is 1.90 bits per heavy atom. The molecular formula is C15H16N4S. The van der Waals surface area contributed by atoms with E-state index in [1.54, 1.807) is 6.20 Å². The highest BCUT2D eigenvalue weighted by molar-refractivity contribution is 7.80. The molecule has 2 aromatic rings. The fourth-order valence-corrected chi connectivity index (χ4v) is 2.56. The summed E-state index contributed by atoms with van der Waals surface area (Å²) in [5.74, 6) is 0.922. The number of thiocarbonyl (C=S) groups is 1. The van der Waals surface area contributed by atoms with Crippen LogP contribution in [0.25, 0.3) is 0 Å². The van der Waals surface area contributed by atoms with E-state index < -0.39 is 0 Å². The van der Waals surface area contributed by atoms with Gasteiger partial charge in [-0.15, -0.1) is 0 Å². The van der Waals surface area contributed by atoms with E-state index in [4.69, 9.17) is 18.0 Å². The van der Waals surface area contributed by atoms with E-state index >= 15 is 0 Å². The van der Waals surface area contributed by atoms with E-state index in [2.05, 4.69) is 40.0 Å². The van der Waals surface area contributed by atoms with Gasteiger partial charge in [0.15, 0.2) is 0 Å². The topological polar surface area (TPSA) is 45.4 Å². The number of aromatic nitrogens is 1. The molecule has 1 aromatic heterocycles. The maximum atomic E-state index is 5.61. The summed E-state index contributed by atoms with van der Waals surface area (Å²) in [6, 6.07) is 12.2. The molecular weight excluding hydrogens is 268 g/mol. The van der Waals surface area contributed by atoms with Gasteiger partial charge in [-0.05, 0) is 24.3 Å². The first-order valence-corrected chi connectivity index (χ1v) is 6.91. The van der Waals surface area contributed by atoms with Gasteiger partial charge in [0.1, 0.15) is 10.8 Å². The first kappa shape index (κ1) is 12.9. The second kappa shape index (κ2) is 5.09. The van der Waals surface area contributed by atoms with E-state index in [1.807, 2.05) is 18.2 Å². The monoisotopic (exact) mass is 284 g/mol. The quantitative estimate of drug-likeness (QED) is 0.857. The first-order chi connectivity index (χ1) is 9.66. The zero-order valence-corrected chi connectivity index (χ0v) is 12.1. The smallest absolute Gasteiger partial charge is 0.133 e. The molecule has 0 unspecified atom stereocenters. The number of pyridine rings is 1. The highest BCUT2D eigenvalue weighted by Gasteiger charge is 2.21. The zero-order valence-electron chi connectivity index (χ0n) is 11.3. The molecule has 0 fully saturated rings. The molecule has 0 bridgehead atoms. The lowest BCUT2D eigenvalue weighted by atomic mass is 10.1. The van der Waals surface area contributed by atoms with Gasteiger partial charge in [-0.25, -0.2) is 4.98 Å². The highest BCUT2D eigenvalue weighted by atomic mass is 32.1. The molecule has 4 nitrogen and oxygen atoms in total. The lowest BCUT2D eigenvalue weighted by Gasteiger charge is -2.36. The van der Waals surface area contributed by atoms with E-state index in [-0.39, 0.29) is 0 Å². The maximum absolute atomic E-state index is 5.61. The van der Waals surface area contributed by atoms with Crippen LogP contribution in [0.5, 0.6) is 0 Å². The van der Waals surface area contributed by atoms with Crippen molar-refractivity contribution in [3.8, 4) is 0 Å². The minimum atomic E-state index is 0.378. The van der Waals surface area contributed by atoms with E-state index in [0.717, 1.165) is 24.5 Å². The summed E-state index contributed by atoms with van der Waals surface area (Å²) < 4.78 is 0. The number of hydrogen-bond acceptors (Lipinski definition) is 4. The number of anilines is 3. The molecule has 1 aromatic carbocycles. The number of benzene rings is 1. The predicted octanol–water partition coefficient (Wildman–Crippen LogP) is 2.30. The average Bonchev–Trinajstić information content (AvgIpc) is 2.48. The summed E-state index contributed by atoms with van der Waals surface area (Å²) in [7, 11) is 2.11. The lowest BCUT2D eigenvalue weighted by Crippen LogP contribution is -2.36. The third-order valence-corrected chi connectivity index (χ3v) is 3.79. The standard InChI is InChI=1S/C15H16N4S/c1-18-8-9-19(13-5-3-2-4-12(13)18)14-7-6-11(10-17-14)15(16)20/h2-7,10H,8-9H2,1H3,(H2,16,20). The number of para-hydroxylation sites is 2. The molecule has 1 aliphatic heterocycles. The zero-order chi connectivity index (χ0) is 14.1. The van der Waals surface area contributed by atoms with Gasteiger partial charge < -0.3 is 15.5 Å². The van der Waals surface area contributed by atoms with Crippen LogP contribution in [0.15, 0.2) is 42.6 Å². The second-order valence-corrected chi connectivity index (χ2v) is 5.27. The summed E-state index contributed by atoms with van der Waals surface area (Å²) in [4.78, 5) is 9.35. The van der Waals surface area contributed by atoms with E-state index in [9.17, 15) is 0 Å². The first-order valence-electron chi connectivity index (χ1n) is 6.50. The fourth-order valence-electron chi connectivity index (χ4n) is 2.44. The Morgan fingerprint density at radius 3 is 2.55 bits per heavy atom.